The molecular weight excluding hydrogens is 306 g/mol. The maximum atomic E-state index is 12.3. The molecule has 0 fully saturated rings. The lowest BCUT2D eigenvalue weighted by molar-refractivity contribution is -0.151. The van der Waals surface area contributed by atoms with Crippen LogP contribution in [0.1, 0.15) is 30.0 Å². The average Bonchev–Trinajstić information content (AvgIpc) is 2.44. The quantitative estimate of drug-likeness (QED) is 0.873. The molecule has 6 nitrogen and oxygen atoms in total. The molecule has 22 heavy (non-hydrogen) atoms. The summed E-state index contributed by atoms with van der Waals surface area (Å²) in [4.78, 5) is 25.2. The van der Waals surface area contributed by atoms with E-state index in [0.29, 0.717) is 18.5 Å². The summed E-state index contributed by atoms with van der Waals surface area (Å²) < 4.78 is 22.2. The lowest BCUT2D eigenvalue weighted by Gasteiger charge is -2.34. The van der Waals surface area contributed by atoms with Gasteiger partial charge in [-0.15, -0.1) is 0 Å². The zero-order valence-electron chi connectivity index (χ0n) is 12.4. The van der Waals surface area contributed by atoms with Gasteiger partial charge in [0.15, 0.2) is 6.04 Å². The molecule has 1 aliphatic heterocycles. The van der Waals surface area contributed by atoms with Crippen molar-refractivity contribution in [2.45, 2.75) is 25.3 Å². The van der Waals surface area contributed by atoms with Crippen LogP contribution in [0.15, 0.2) is 24.3 Å². The second-order valence-electron chi connectivity index (χ2n) is 5.51. The minimum atomic E-state index is -3.12. The molecule has 0 saturated carbocycles. The molecule has 0 aromatic heterocycles. The molecule has 1 aromatic carbocycles. The Hall–Kier alpha value is -1.89. The van der Waals surface area contributed by atoms with Crippen LogP contribution in [0.2, 0.25) is 0 Å². The van der Waals surface area contributed by atoms with Crippen molar-refractivity contribution in [2.75, 3.05) is 18.6 Å². The molecule has 0 radical (unpaired) electrons. The summed E-state index contributed by atoms with van der Waals surface area (Å²) in [7, 11) is -3.12. The molecule has 7 heteroatoms. The molecule has 1 atom stereocenters. The van der Waals surface area contributed by atoms with Crippen LogP contribution in [-0.2, 0) is 25.8 Å². The number of carbonyl (C=O) groups is 2. The van der Waals surface area contributed by atoms with Gasteiger partial charge in [-0.05, 0) is 24.0 Å². The molecule has 0 aliphatic carbocycles. The van der Waals surface area contributed by atoms with Gasteiger partial charge in [-0.25, -0.2) is 13.2 Å². The average molecular weight is 325 g/mol. The largest absolute Gasteiger partial charge is 0.479 e. The van der Waals surface area contributed by atoms with Crippen molar-refractivity contribution in [3.05, 3.63) is 35.4 Å². The van der Waals surface area contributed by atoms with Gasteiger partial charge in [0.2, 0.25) is 5.91 Å². The predicted octanol–water partition coefficient (Wildman–Crippen LogP) is 1.02. The first-order valence-electron chi connectivity index (χ1n) is 7.07. The van der Waals surface area contributed by atoms with Crippen molar-refractivity contribution in [1.29, 1.82) is 0 Å². The standard InChI is InChI=1S/C15H19NO5S/c1-22(20,21)10-4-7-13(17)16-9-8-11-5-2-3-6-12(11)14(16)15(18)19/h2-3,5-6,14H,4,7-10H2,1H3,(H,18,19). The van der Waals surface area contributed by atoms with E-state index in [2.05, 4.69) is 0 Å². The molecule has 1 unspecified atom stereocenters. The van der Waals surface area contributed by atoms with E-state index in [1.165, 1.54) is 4.90 Å². The first-order valence-corrected chi connectivity index (χ1v) is 9.13. The number of amides is 1. The molecular formula is C15H19NO5S. The van der Waals surface area contributed by atoms with Gasteiger partial charge in [-0.2, -0.15) is 0 Å². The topological polar surface area (TPSA) is 91.8 Å². The molecule has 0 saturated heterocycles. The van der Waals surface area contributed by atoms with Crippen molar-refractivity contribution < 1.29 is 23.1 Å². The minimum Gasteiger partial charge on any atom is -0.479 e. The highest BCUT2D eigenvalue weighted by molar-refractivity contribution is 7.90. The van der Waals surface area contributed by atoms with E-state index in [1.807, 2.05) is 12.1 Å². The first-order chi connectivity index (χ1) is 10.3. The Labute approximate surface area is 129 Å². The highest BCUT2D eigenvalue weighted by atomic mass is 32.2. The van der Waals surface area contributed by atoms with Gasteiger partial charge in [0, 0.05) is 19.2 Å². The summed E-state index contributed by atoms with van der Waals surface area (Å²) in [6, 6.07) is 6.21. The summed E-state index contributed by atoms with van der Waals surface area (Å²) in [5.41, 5.74) is 1.58. The first kappa shape index (κ1) is 16.5. The summed E-state index contributed by atoms with van der Waals surface area (Å²) in [6.45, 7) is 0.339. The van der Waals surface area contributed by atoms with Crippen LogP contribution >= 0.6 is 0 Å². The fraction of sp³-hybridized carbons (Fsp3) is 0.467. The summed E-state index contributed by atoms with van der Waals surface area (Å²) in [5.74, 6) is -1.45. The maximum absolute atomic E-state index is 12.3. The summed E-state index contributed by atoms with van der Waals surface area (Å²) in [5, 5.41) is 9.47. The van der Waals surface area contributed by atoms with Crippen molar-refractivity contribution >= 4 is 21.7 Å². The SMILES string of the molecule is CS(=O)(=O)CCCC(=O)N1CCc2ccccc2C1C(=O)O. The van der Waals surface area contributed by atoms with E-state index >= 15 is 0 Å². The number of benzene rings is 1. The Kier molecular flexibility index (Phi) is 4.85. The fourth-order valence-electron chi connectivity index (χ4n) is 2.73. The van der Waals surface area contributed by atoms with Gasteiger partial charge in [0.05, 0.1) is 5.75 Å². The van der Waals surface area contributed by atoms with E-state index in [-0.39, 0.29) is 24.5 Å². The van der Waals surface area contributed by atoms with Gasteiger partial charge in [-0.1, -0.05) is 24.3 Å². The number of carboxylic acids is 1. The van der Waals surface area contributed by atoms with Crippen LogP contribution in [0.25, 0.3) is 0 Å². The van der Waals surface area contributed by atoms with Crippen molar-refractivity contribution in [3.8, 4) is 0 Å². The Morgan fingerprint density at radius 2 is 2.00 bits per heavy atom. The molecule has 1 N–H and O–H groups in total. The monoisotopic (exact) mass is 325 g/mol. The summed E-state index contributed by atoms with van der Waals surface area (Å²) in [6.07, 6.45) is 1.98. The van der Waals surface area contributed by atoms with Gasteiger partial charge in [0.25, 0.3) is 0 Å². The highest BCUT2D eigenvalue weighted by Crippen LogP contribution is 2.30. The second kappa shape index (κ2) is 6.48. The van der Waals surface area contributed by atoms with Gasteiger partial charge < -0.3 is 10.0 Å². The predicted molar refractivity (Wildman–Crippen MR) is 81.2 cm³/mol. The zero-order valence-corrected chi connectivity index (χ0v) is 13.2. The fourth-order valence-corrected chi connectivity index (χ4v) is 3.40. The number of fused-ring (bicyclic) bond motifs is 1. The van der Waals surface area contributed by atoms with Crippen LogP contribution in [0.4, 0.5) is 0 Å². The molecule has 1 aliphatic rings. The van der Waals surface area contributed by atoms with E-state index < -0.39 is 21.8 Å². The van der Waals surface area contributed by atoms with Crippen LogP contribution in [0.3, 0.4) is 0 Å². The van der Waals surface area contributed by atoms with E-state index in [0.717, 1.165) is 11.8 Å². The van der Waals surface area contributed by atoms with Gasteiger partial charge in [0.1, 0.15) is 9.84 Å². The number of hydrogen-bond donors (Lipinski definition) is 1. The normalized spacial score (nSPS) is 17.9. The number of aliphatic carboxylic acids is 1. The van der Waals surface area contributed by atoms with E-state index in [1.54, 1.807) is 12.1 Å². The van der Waals surface area contributed by atoms with Crippen LogP contribution in [0, 0.1) is 0 Å². The van der Waals surface area contributed by atoms with Crippen LogP contribution in [-0.4, -0.2) is 48.9 Å². The Balaban J connectivity index is 2.13. The number of nitrogens with zero attached hydrogens (tertiary/aromatic N) is 1. The van der Waals surface area contributed by atoms with Gasteiger partial charge in [-0.3, -0.25) is 4.79 Å². The Morgan fingerprint density at radius 3 is 2.64 bits per heavy atom. The third-order valence-electron chi connectivity index (χ3n) is 3.74. The lowest BCUT2D eigenvalue weighted by Crippen LogP contribution is -2.43. The molecule has 1 aromatic rings. The van der Waals surface area contributed by atoms with Crippen molar-refractivity contribution in [3.63, 3.8) is 0 Å². The number of carbonyl (C=O) groups excluding carboxylic acids is 1. The third-order valence-corrected chi connectivity index (χ3v) is 4.77. The van der Waals surface area contributed by atoms with E-state index in [4.69, 9.17) is 0 Å². The molecule has 0 bridgehead atoms. The number of carboxylic acid groups (broad SMARTS) is 1. The lowest BCUT2D eigenvalue weighted by atomic mass is 9.92. The molecule has 0 spiro atoms. The number of rotatable bonds is 5. The third kappa shape index (κ3) is 3.85. The number of hydrogen-bond acceptors (Lipinski definition) is 4. The molecule has 2 rings (SSSR count). The van der Waals surface area contributed by atoms with Crippen molar-refractivity contribution in [2.24, 2.45) is 0 Å². The molecule has 1 heterocycles. The van der Waals surface area contributed by atoms with Crippen molar-refractivity contribution in [1.82, 2.24) is 4.90 Å². The summed E-state index contributed by atoms with van der Waals surface area (Å²) >= 11 is 0. The smallest absolute Gasteiger partial charge is 0.331 e. The van der Waals surface area contributed by atoms with Gasteiger partial charge >= 0.3 is 5.97 Å². The Bertz CT molecular complexity index is 683. The zero-order chi connectivity index (χ0) is 16.3. The highest BCUT2D eigenvalue weighted by Gasteiger charge is 2.35. The minimum absolute atomic E-state index is 0.0407. The Morgan fingerprint density at radius 1 is 1.32 bits per heavy atom. The maximum Gasteiger partial charge on any atom is 0.331 e. The van der Waals surface area contributed by atoms with E-state index in [9.17, 15) is 23.1 Å². The van der Waals surface area contributed by atoms with Crippen LogP contribution < -0.4 is 0 Å². The van der Waals surface area contributed by atoms with Crippen LogP contribution in [0.5, 0.6) is 0 Å². The molecule has 120 valence electrons. The second-order valence-corrected chi connectivity index (χ2v) is 7.77. The number of sulfone groups is 1. The molecule has 1 amide bonds.